The van der Waals surface area contributed by atoms with Gasteiger partial charge in [0, 0.05) is 5.56 Å². The second-order valence-corrected chi connectivity index (χ2v) is 3.61. The highest BCUT2D eigenvalue weighted by Crippen LogP contribution is 2.32. The summed E-state index contributed by atoms with van der Waals surface area (Å²) in [4.78, 5) is 10.5. The SMILES string of the molecule is CCCCOc1cc(C=O)cc(C(F)(F)F)c1. The molecule has 17 heavy (non-hydrogen) atoms. The highest BCUT2D eigenvalue weighted by atomic mass is 19.4. The second kappa shape index (κ2) is 5.70. The summed E-state index contributed by atoms with van der Waals surface area (Å²) in [6, 6.07) is 3.01. The molecule has 0 aliphatic rings. The van der Waals surface area contributed by atoms with Crippen LogP contribution in [-0.2, 0) is 6.18 Å². The Morgan fingerprint density at radius 2 is 2.00 bits per heavy atom. The largest absolute Gasteiger partial charge is 0.494 e. The molecule has 0 spiro atoms. The molecular formula is C12H13F3O2. The standard InChI is InChI=1S/C12H13F3O2/c1-2-3-4-17-11-6-9(8-16)5-10(7-11)12(13,14)15/h5-8H,2-4H2,1H3. The van der Waals surface area contributed by atoms with Crippen LogP contribution in [0, 0.1) is 0 Å². The topological polar surface area (TPSA) is 26.3 Å². The van der Waals surface area contributed by atoms with E-state index in [0.717, 1.165) is 25.0 Å². The van der Waals surface area contributed by atoms with Crippen molar-refractivity contribution < 1.29 is 22.7 Å². The summed E-state index contributed by atoms with van der Waals surface area (Å²) in [6.07, 6.45) is -2.45. The number of carbonyl (C=O) groups excluding carboxylic acids is 1. The zero-order valence-electron chi connectivity index (χ0n) is 9.38. The molecule has 0 saturated heterocycles. The Balaban J connectivity index is 2.93. The number of hydrogen-bond acceptors (Lipinski definition) is 2. The van der Waals surface area contributed by atoms with Gasteiger partial charge in [-0.1, -0.05) is 13.3 Å². The fourth-order valence-corrected chi connectivity index (χ4v) is 1.27. The Morgan fingerprint density at radius 1 is 1.29 bits per heavy atom. The summed E-state index contributed by atoms with van der Waals surface area (Å²) < 4.78 is 42.7. The summed E-state index contributed by atoms with van der Waals surface area (Å²) in [5.74, 6) is 0.0791. The van der Waals surface area contributed by atoms with Gasteiger partial charge in [0.1, 0.15) is 12.0 Å². The van der Waals surface area contributed by atoms with Crippen LogP contribution in [0.1, 0.15) is 35.7 Å². The van der Waals surface area contributed by atoms with E-state index in [1.165, 1.54) is 6.07 Å². The zero-order chi connectivity index (χ0) is 12.9. The quantitative estimate of drug-likeness (QED) is 0.585. The van der Waals surface area contributed by atoms with Crippen molar-refractivity contribution >= 4 is 6.29 Å². The predicted octanol–water partition coefficient (Wildman–Crippen LogP) is 3.70. The molecule has 1 aromatic carbocycles. The van der Waals surface area contributed by atoms with E-state index in [2.05, 4.69) is 0 Å². The lowest BCUT2D eigenvalue weighted by Gasteiger charge is -2.11. The average Bonchev–Trinajstić information content (AvgIpc) is 2.28. The third-order valence-corrected chi connectivity index (χ3v) is 2.16. The van der Waals surface area contributed by atoms with Crippen LogP contribution in [0.15, 0.2) is 18.2 Å². The van der Waals surface area contributed by atoms with E-state index in [0.29, 0.717) is 12.9 Å². The smallest absolute Gasteiger partial charge is 0.416 e. The molecule has 5 heteroatoms. The van der Waals surface area contributed by atoms with Gasteiger partial charge in [-0.3, -0.25) is 4.79 Å². The molecule has 0 radical (unpaired) electrons. The van der Waals surface area contributed by atoms with Crippen molar-refractivity contribution in [2.75, 3.05) is 6.61 Å². The summed E-state index contributed by atoms with van der Waals surface area (Å²) in [7, 11) is 0. The molecule has 1 aromatic rings. The molecule has 94 valence electrons. The minimum absolute atomic E-state index is 0.0358. The summed E-state index contributed by atoms with van der Waals surface area (Å²) >= 11 is 0. The van der Waals surface area contributed by atoms with Gasteiger partial charge in [-0.15, -0.1) is 0 Å². The van der Waals surface area contributed by atoms with Gasteiger partial charge < -0.3 is 4.74 Å². The van der Waals surface area contributed by atoms with Crippen molar-refractivity contribution in [1.29, 1.82) is 0 Å². The lowest BCUT2D eigenvalue weighted by Crippen LogP contribution is -2.07. The van der Waals surface area contributed by atoms with E-state index in [1.54, 1.807) is 0 Å². The number of hydrogen-bond donors (Lipinski definition) is 0. The van der Waals surface area contributed by atoms with Gasteiger partial charge in [-0.05, 0) is 24.6 Å². The van der Waals surface area contributed by atoms with Crippen LogP contribution in [0.2, 0.25) is 0 Å². The molecule has 1 rings (SSSR count). The second-order valence-electron chi connectivity index (χ2n) is 3.61. The minimum atomic E-state index is -4.47. The molecular weight excluding hydrogens is 233 g/mol. The molecule has 0 aliphatic heterocycles. The first-order valence-electron chi connectivity index (χ1n) is 5.27. The molecule has 0 amide bonds. The van der Waals surface area contributed by atoms with E-state index < -0.39 is 11.7 Å². The molecule has 0 heterocycles. The van der Waals surface area contributed by atoms with Crippen molar-refractivity contribution in [2.24, 2.45) is 0 Å². The first kappa shape index (κ1) is 13.5. The van der Waals surface area contributed by atoms with Gasteiger partial charge in [0.15, 0.2) is 0 Å². The third kappa shape index (κ3) is 4.09. The maximum absolute atomic E-state index is 12.5. The molecule has 0 aliphatic carbocycles. The van der Waals surface area contributed by atoms with E-state index in [-0.39, 0.29) is 11.3 Å². The number of halogens is 3. The third-order valence-electron chi connectivity index (χ3n) is 2.16. The molecule has 0 atom stereocenters. The highest BCUT2D eigenvalue weighted by Gasteiger charge is 2.31. The normalized spacial score (nSPS) is 11.3. The van der Waals surface area contributed by atoms with Crippen molar-refractivity contribution in [3.05, 3.63) is 29.3 Å². The molecule has 0 bridgehead atoms. The van der Waals surface area contributed by atoms with Crippen molar-refractivity contribution in [3.8, 4) is 5.75 Å². The average molecular weight is 246 g/mol. The number of rotatable bonds is 5. The van der Waals surface area contributed by atoms with Crippen molar-refractivity contribution in [1.82, 2.24) is 0 Å². The Morgan fingerprint density at radius 3 is 2.53 bits per heavy atom. The van der Waals surface area contributed by atoms with Crippen LogP contribution in [0.3, 0.4) is 0 Å². The monoisotopic (exact) mass is 246 g/mol. The van der Waals surface area contributed by atoms with Gasteiger partial charge in [0.05, 0.1) is 12.2 Å². The maximum atomic E-state index is 12.5. The van der Waals surface area contributed by atoms with Crippen molar-refractivity contribution in [3.63, 3.8) is 0 Å². The lowest BCUT2D eigenvalue weighted by molar-refractivity contribution is -0.137. The number of aldehydes is 1. The first-order valence-corrected chi connectivity index (χ1v) is 5.27. The fraction of sp³-hybridized carbons (Fsp3) is 0.417. The van der Waals surface area contributed by atoms with Gasteiger partial charge in [-0.2, -0.15) is 13.2 Å². The summed E-state index contributed by atoms with van der Waals surface area (Å²) in [5.41, 5.74) is -0.903. The Labute approximate surface area is 97.4 Å². The number of unbranched alkanes of at least 4 members (excludes halogenated alkanes) is 1. The number of ether oxygens (including phenoxy) is 1. The molecule has 0 N–H and O–H groups in total. The Hall–Kier alpha value is -1.52. The lowest BCUT2D eigenvalue weighted by atomic mass is 10.1. The first-order chi connectivity index (χ1) is 7.97. The number of carbonyl (C=O) groups is 1. The van der Waals surface area contributed by atoms with Gasteiger partial charge in [0.2, 0.25) is 0 Å². The molecule has 0 fully saturated rings. The summed E-state index contributed by atoms with van der Waals surface area (Å²) in [6.45, 7) is 2.29. The van der Waals surface area contributed by atoms with Gasteiger partial charge >= 0.3 is 6.18 Å². The fourth-order valence-electron chi connectivity index (χ4n) is 1.27. The number of benzene rings is 1. The molecule has 0 saturated carbocycles. The van der Waals surface area contributed by atoms with E-state index in [9.17, 15) is 18.0 Å². The van der Waals surface area contributed by atoms with Crippen LogP contribution in [0.4, 0.5) is 13.2 Å². The maximum Gasteiger partial charge on any atom is 0.416 e. The van der Waals surface area contributed by atoms with Crippen molar-refractivity contribution in [2.45, 2.75) is 25.9 Å². The van der Waals surface area contributed by atoms with Crippen LogP contribution >= 0.6 is 0 Å². The predicted molar refractivity (Wildman–Crippen MR) is 57.2 cm³/mol. The Kier molecular flexibility index (Phi) is 4.54. The van der Waals surface area contributed by atoms with E-state index in [4.69, 9.17) is 4.74 Å². The molecule has 0 aromatic heterocycles. The van der Waals surface area contributed by atoms with Crippen LogP contribution in [0.25, 0.3) is 0 Å². The minimum Gasteiger partial charge on any atom is -0.494 e. The van der Waals surface area contributed by atoms with Gasteiger partial charge in [-0.25, -0.2) is 0 Å². The molecule has 2 nitrogen and oxygen atoms in total. The highest BCUT2D eigenvalue weighted by molar-refractivity contribution is 5.76. The van der Waals surface area contributed by atoms with Gasteiger partial charge in [0.25, 0.3) is 0 Å². The number of alkyl halides is 3. The summed E-state index contributed by atoms with van der Waals surface area (Å²) in [5, 5.41) is 0. The zero-order valence-corrected chi connectivity index (χ0v) is 9.38. The molecule has 0 unspecified atom stereocenters. The van der Waals surface area contributed by atoms with E-state index in [1.807, 2.05) is 6.92 Å². The van der Waals surface area contributed by atoms with Crippen LogP contribution in [-0.4, -0.2) is 12.9 Å². The Bertz CT molecular complexity index is 386. The van der Waals surface area contributed by atoms with Crippen LogP contribution < -0.4 is 4.74 Å². The van der Waals surface area contributed by atoms with Crippen LogP contribution in [0.5, 0.6) is 5.75 Å². The van der Waals surface area contributed by atoms with E-state index >= 15 is 0 Å².